The molecule has 4 heteroatoms. The van der Waals surface area contributed by atoms with E-state index >= 15 is 0 Å². The van der Waals surface area contributed by atoms with Crippen molar-refractivity contribution in [2.75, 3.05) is 6.54 Å². The summed E-state index contributed by atoms with van der Waals surface area (Å²) in [5.41, 5.74) is 1.01. The van der Waals surface area contributed by atoms with Crippen LogP contribution in [0.25, 0.3) is 0 Å². The van der Waals surface area contributed by atoms with E-state index in [2.05, 4.69) is 9.97 Å². The fourth-order valence-corrected chi connectivity index (χ4v) is 2.89. The maximum Gasteiger partial charge on any atom is 0.226 e. The summed E-state index contributed by atoms with van der Waals surface area (Å²) < 4.78 is 0. The van der Waals surface area contributed by atoms with Gasteiger partial charge in [-0.25, -0.2) is 9.97 Å². The average molecular weight is 245 g/mol. The van der Waals surface area contributed by atoms with Gasteiger partial charge in [-0.1, -0.05) is 6.42 Å². The summed E-state index contributed by atoms with van der Waals surface area (Å²) in [6.07, 6.45) is 7.28. The number of nitrogens with zero attached hydrogens (tertiary/aromatic N) is 3. The van der Waals surface area contributed by atoms with Gasteiger partial charge in [-0.15, -0.1) is 0 Å². The van der Waals surface area contributed by atoms with Gasteiger partial charge in [0.1, 0.15) is 5.82 Å². The normalized spacial score (nSPS) is 24.1. The van der Waals surface area contributed by atoms with Gasteiger partial charge in [0, 0.05) is 18.7 Å². The summed E-state index contributed by atoms with van der Waals surface area (Å²) >= 11 is 0. The number of amides is 1. The Morgan fingerprint density at radius 1 is 1.33 bits per heavy atom. The average Bonchev–Trinajstić information content (AvgIpc) is 2.75. The van der Waals surface area contributed by atoms with Crippen molar-refractivity contribution in [2.24, 2.45) is 5.92 Å². The Balaban J connectivity index is 1.80. The minimum Gasteiger partial charge on any atom is -0.334 e. The predicted octanol–water partition coefficient (Wildman–Crippen LogP) is 2.25. The Bertz CT molecular complexity index is 456. The molecule has 1 amide bonds. The number of hydrogen-bond acceptors (Lipinski definition) is 3. The van der Waals surface area contributed by atoms with Gasteiger partial charge >= 0.3 is 0 Å². The largest absolute Gasteiger partial charge is 0.334 e. The van der Waals surface area contributed by atoms with Crippen molar-refractivity contribution in [1.29, 1.82) is 0 Å². The molecular formula is C14H19N3O. The third-order valence-electron chi connectivity index (χ3n) is 4.13. The first kappa shape index (κ1) is 11.6. The first-order chi connectivity index (χ1) is 8.75. The van der Waals surface area contributed by atoms with Crippen LogP contribution in [0.4, 0.5) is 0 Å². The van der Waals surface area contributed by atoms with Crippen LogP contribution in [0.1, 0.15) is 49.7 Å². The van der Waals surface area contributed by atoms with Crippen molar-refractivity contribution >= 4 is 5.91 Å². The zero-order chi connectivity index (χ0) is 12.5. The molecule has 3 rings (SSSR count). The van der Waals surface area contributed by atoms with Crippen molar-refractivity contribution in [3.63, 3.8) is 0 Å². The van der Waals surface area contributed by atoms with E-state index in [0.717, 1.165) is 43.7 Å². The molecule has 0 aromatic carbocycles. The molecule has 1 saturated carbocycles. The predicted molar refractivity (Wildman–Crippen MR) is 67.8 cm³/mol. The molecule has 1 aromatic heterocycles. The number of rotatable bonds is 2. The van der Waals surface area contributed by atoms with Crippen LogP contribution in [0.15, 0.2) is 12.3 Å². The standard InChI is InChI=1S/C14H19N3O/c1-10-15-8-7-12(16-10)13-6-3-9-17(13)14(18)11-4-2-5-11/h7-8,11,13H,2-6,9H2,1H3/t13-/m1/s1. The molecule has 96 valence electrons. The topological polar surface area (TPSA) is 46.1 Å². The van der Waals surface area contributed by atoms with E-state index in [0.29, 0.717) is 5.91 Å². The van der Waals surface area contributed by atoms with E-state index in [9.17, 15) is 4.79 Å². The van der Waals surface area contributed by atoms with Crippen molar-refractivity contribution in [2.45, 2.75) is 45.1 Å². The third kappa shape index (κ3) is 2.00. The van der Waals surface area contributed by atoms with E-state index in [1.807, 2.05) is 17.9 Å². The number of carbonyl (C=O) groups is 1. The van der Waals surface area contributed by atoms with Crippen molar-refractivity contribution in [1.82, 2.24) is 14.9 Å². The van der Waals surface area contributed by atoms with E-state index in [1.54, 1.807) is 6.20 Å². The Labute approximate surface area is 107 Å². The van der Waals surface area contributed by atoms with E-state index in [-0.39, 0.29) is 12.0 Å². The summed E-state index contributed by atoms with van der Waals surface area (Å²) in [5.74, 6) is 1.42. The third-order valence-corrected chi connectivity index (χ3v) is 4.13. The quantitative estimate of drug-likeness (QED) is 0.802. The lowest BCUT2D eigenvalue weighted by Gasteiger charge is -2.32. The van der Waals surface area contributed by atoms with Gasteiger partial charge in [0.15, 0.2) is 0 Å². The Kier molecular flexibility index (Phi) is 3.02. The lowest BCUT2D eigenvalue weighted by molar-refractivity contribution is -0.139. The molecule has 1 aliphatic carbocycles. The lowest BCUT2D eigenvalue weighted by atomic mass is 9.84. The molecule has 1 aromatic rings. The second kappa shape index (κ2) is 4.67. The SMILES string of the molecule is Cc1nccc([C@H]2CCCN2C(=O)C2CCC2)n1. The number of hydrogen-bond donors (Lipinski definition) is 0. The van der Waals surface area contributed by atoms with Crippen LogP contribution in [0.5, 0.6) is 0 Å². The monoisotopic (exact) mass is 245 g/mol. The van der Waals surface area contributed by atoms with Gasteiger partial charge < -0.3 is 4.90 Å². The second-order valence-corrected chi connectivity index (χ2v) is 5.35. The van der Waals surface area contributed by atoms with Gasteiger partial charge in [0.25, 0.3) is 0 Å². The van der Waals surface area contributed by atoms with Crippen molar-refractivity contribution in [3.8, 4) is 0 Å². The minimum absolute atomic E-state index is 0.180. The van der Waals surface area contributed by atoms with Crippen LogP contribution >= 0.6 is 0 Å². The van der Waals surface area contributed by atoms with Crippen LogP contribution in [-0.2, 0) is 4.79 Å². The Morgan fingerprint density at radius 3 is 2.83 bits per heavy atom. The van der Waals surface area contributed by atoms with Crippen molar-refractivity contribution < 1.29 is 4.79 Å². The number of carbonyl (C=O) groups excluding carboxylic acids is 1. The maximum absolute atomic E-state index is 12.4. The second-order valence-electron chi connectivity index (χ2n) is 5.35. The highest BCUT2D eigenvalue weighted by Gasteiger charge is 2.36. The molecule has 2 heterocycles. The Hall–Kier alpha value is -1.45. The molecule has 0 spiro atoms. The summed E-state index contributed by atoms with van der Waals surface area (Å²) in [7, 11) is 0. The summed E-state index contributed by atoms with van der Waals surface area (Å²) in [5, 5.41) is 0. The fourth-order valence-electron chi connectivity index (χ4n) is 2.89. The number of aryl methyl sites for hydroxylation is 1. The van der Waals surface area contributed by atoms with Gasteiger partial charge in [-0.05, 0) is 38.7 Å². The first-order valence-corrected chi connectivity index (χ1v) is 6.86. The number of likely N-dealkylation sites (tertiary alicyclic amines) is 1. The van der Waals surface area contributed by atoms with Crippen LogP contribution in [-0.4, -0.2) is 27.3 Å². The molecule has 2 aliphatic rings. The molecule has 1 saturated heterocycles. The molecule has 2 fully saturated rings. The van der Waals surface area contributed by atoms with Gasteiger partial charge in [-0.2, -0.15) is 0 Å². The van der Waals surface area contributed by atoms with Crippen LogP contribution in [0.2, 0.25) is 0 Å². The van der Waals surface area contributed by atoms with Crippen LogP contribution < -0.4 is 0 Å². The van der Waals surface area contributed by atoms with E-state index in [1.165, 1.54) is 6.42 Å². The van der Waals surface area contributed by atoms with Crippen LogP contribution in [0, 0.1) is 12.8 Å². The highest BCUT2D eigenvalue weighted by atomic mass is 16.2. The molecule has 0 bridgehead atoms. The zero-order valence-electron chi connectivity index (χ0n) is 10.8. The molecule has 0 radical (unpaired) electrons. The highest BCUT2D eigenvalue weighted by Crippen LogP contribution is 2.36. The fraction of sp³-hybridized carbons (Fsp3) is 0.643. The summed E-state index contributed by atoms with van der Waals surface area (Å²) in [6.45, 7) is 2.79. The molecule has 1 aliphatic heterocycles. The lowest BCUT2D eigenvalue weighted by Crippen LogP contribution is -2.38. The van der Waals surface area contributed by atoms with Gasteiger partial charge in [0.05, 0.1) is 11.7 Å². The minimum atomic E-state index is 0.180. The molecule has 18 heavy (non-hydrogen) atoms. The molecule has 0 unspecified atom stereocenters. The molecule has 0 N–H and O–H groups in total. The van der Waals surface area contributed by atoms with Gasteiger partial charge in [-0.3, -0.25) is 4.79 Å². The summed E-state index contributed by atoms with van der Waals surface area (Å²) in [6, 6.07) is 2.13. The smallest absolute Gasteiger partial charge is 0.226 e. The first-order valence-electron chi connectivity index (χ1n) is 6.86. The summed E-state index contributed by atoms with van der Waals surface area (Å²) in [4.78, 5) is 23.0. The molecular weight excluding hydrogens is 226 g/mol. The Morgan fingerprint density at radius 2 is 2.17 bits per heavy atom. The van der Waals surface area contributed by atoms with Crippen molar-refractivity contribution in [3.05, 3.63) is 23.8 Å². The van der Waals surface area contributed by atoms with E-state index < -0.39 is 0 Å². The van der Waals surface area contributed by atoms with Crippen LogP contribution in [0.3, 0.4) is 0 Å². The molecule has 4 nitrogen and oxygen atoms in total. The highest BCUT2D eigenvalue weighted by molar-refractivity contribution is 5.80. The zero-order valence-corrected chi connectivity index (χ0v) is 10.8. The number of aromatic nitrogens is 2. The van der Waals surface area contributed by atoms with E-state index in [4.69, 9.17) is 0 Å². The maximum atomic E-state index is 12.4. The van der Waals surface area contributed by atoms with Gasteiger partial charge in [0.2, 0.25) is 5.91 Å². The molecule has 1 atom stereocenters.